The molecular formula is C17H18ClNO4S. The summed E-state index contributed by atoms with van der Waals surface area (Å²) in [7, 11) is -2.71. The van der Waals surface area contributed by atoms with E-state index in [1.807, 2.05) is 19.1 Å². The van der Waals surface area contributed by atoms with E-state index in [1.54, 1.807) is 12.1 Å². The van der Waals surface area contributed by atoms with E-state index in [0.29, 0.717) is 17.1 Å². The van der Waals surface area contributed by atoms with E-state index < -0.39 is 22.5 Å². The monoisotopic (exact) mass is 367 g/mol. The highest BCUT2D eigenvalue weighted by molar-refractivity contribution is 7.92. The molecule has 2 aromatic rings. The fraction of sp³-hybridized carbons (Fsp3) is 0.235. The zero-order chi connectivity index (χ0) is 17.7. The molecule has 0 saturated heterocycles. The Kier molecular flexibility index (Phi) is 5.85. The molecule has 0 aliphatic heterocycles. The normalized spacial score (nSPS) is 11.1. The van der Waals surface area contributed by atoms with Crippen LogP contribution in [0.4, 0.5) is 5.69 Å². The first-order valence-corrected chi connectivity index (χ1v) is 9.15. The number of methoxy groups -OCH3 is 1. The molecule has 2 aromatic carbocycles. The van der Waals surface area contributed by atoms with Crippen LogP contribution in [-0.4, -0.2) is 28.0 Å². The molecule has 0 N–H and O–H groups in total. The number of nitrogens with zero attached hydrogens (tertiary/aromatic N) is 1. The van der Waals surface area contributed by atoms with Crippen LogP contribution in [0.2, 0.25) is 5.02 Å². The zero-order valence-electron chi connectivity index (χ0n) is 13.4. The third-order valence-corrected chi connectivity index (χ3v) is 5.57. The van der Waals surface area contributed by atoms with Crippen molar-refractivity contribution in [2.24, 2.45) is 0 Å². The van der Waals surface area contributed by atoms with Crippen molar-refractivity contribution < 1.29 is 17.9 Å². The number of carbonyl (C=O) groups excluding carboxylic acids is 1. The van der Waals surface area contributed by atoms with E-state index in [9.17, 15) is 13.2 Å². The minimum Gasteiger partial charge on any atom is -0.468 e. The number of hydrogen-bond donors (Lipinski definition) is 0. The number of halogens is 1. The molecule has 24 heavy (non-hydrogen) atoms. The average molecular weight is 368 g/mol. The maximum Gasteiger partial charge on any atom is 0.326 e. The van der Waals surface area contributed by atoms with Crippen molar-refractivity contribution >= 4 is 33.3 Å². The molecule has 0 bridgehead atoms. The number of ether oxygens (including phenoxy) is 1. The van der Waals surface area contributed by atoms with Crippen LogP contribution in [-0.2, 0) is 26.0 Å². The van der Waals surface area contributed by atoms with Crippen molar-refractivity contribution in [3.63, 3.8) is 0 Å². The van der Waals surface area contributed by atoms with Gasteiger partial charge >= 0.3 is 5.97 Å². The van der Waals surface area contributed by atoms with Crippen LogP contribution in [0.15, 0.2) is 53.4 Å². The molecule has 0 fully saturated rings. The van der Waals surface area contributed by atoms with Gasteiger partial charge in [-0.05, 0) is 42.3 Å². The standard InChI is InChI=1S/C17H18ClNO4S/c1-3-13-6-4-5-7-16(13)19(12-17(20)23-2)24(21,22)15-10-8-14(18)9-11-15/h4-11H,3,12H2,1-2H3. The Morgan fingerprint density at radius 3 is 2.33 bits per heavy atom. The highest BCUT2D eigenvalue weighted by atomic mass is 35.5. The van der Waals surface area contributed by atoms with Gasteiger partial charge in [-0.25, -0.2) is 8.42 Å². The molecule has 0 aliphatic rings. The topological polar surface area (TPSA) is 63.7 Å². The lowest BCUT2D eigenvalue weighted by Gasteiger charge is -2.25. The molecule has 0 aliphatic carbocycles. The van der Waals surface area contributed by atoms with Crippen LogP contribution < -0.4 is 4.31 Å². The molecule has 0 amide bonds. The van der Waals surface area contributed by atoms with Crippen molar-refractivity contribution in [3.8, 4) is 0 Å². The number of hydrogen-bond acceptors (Lipinski definition) is 4. The Hall–Kier alpha value is -2.05. The summed E-state index contributed by atoms with van der Waals surface area (Å²) in [5, 5.41) is 0.433. The molecular weight excluding hydrogens is 350 g/mol. The smallest absolute Gasteiger partial charge is 0.326 e. The maximum atomic E-state index is 13.0. The average Bonchev–Trinajstić information content (AvgIpc) is 2.59. The maximum absolute atomic E-state index is 13.0. The summed E-state index contributed by atoms with van der Waals surface area (Å²) in [6, 6.07) is 12.9. The number of benzene rings is 2. The summed E-state index contributed by atoms with van der Waals surface area (Å²) in [6.45, 7) is 1.52. The fourth-order valence-electron chi connectivity index (χ4n) is 2.27. The largest absolute Gasteiger partial charge is 0.468 e. The molecule has 2 rings (SSSR count). The highest BCUT2D eigenvalue weighted by Crippen LogP contribution is 2.28. The number of carbonyl (C=O) groups is 1. The van der Waals surface area contributed by atoms with E-state index in [-0.39, 0.29) is 4.90 Å². The lowest BCUT2D eigenvalue weighted by atomic mass is 10.1. The number of para-hydroxylation sites is 1. The first kappa shape index (κ1) is 18.3. The van der Waals surface area contributed by atoms with Gasteiger partial charge in [-0.3, -0.25) is 9.10 Å². The molecule has 5 nitrogen and oxygen atoms in total. The van der Waals surface area contributed by atoms with E-state index in [2.05, 4.69) is 4.74 Å². The number of aryl methyl sites for hydroxylation is 1. The first-order valence-electron chi connectivity index (χ1n) is 7.33. The molecule has 0 aromatic heterocycles. The molecule has 0 unspecified atom stereocenters. The minimum absolute atomic E-state index is 0.0571. The third-order valence-electron chi connectivity index (χ3n) is 3.54. The van der Waals surface area contributed by atoms with Gasteiger partial charge < -0.3 is 4.74 Å². The Balaban J connectivity index is 2.57. The van der Waals surface area contributed by atoms with Gasteiger partial charge in [0.2, 0.25) is 0 Å². The molecule has 0 radical (unpaired) electrons. The lowest BCUT2D eigenvalue weighted by molar-refractivity contribution is -0.138. The second-order valence-electron chi connectivity index (χ2n) is 5.02. The minimum atomic E-state index is -3.93. The van der Waals surface area contributed by atoms with Gasteiger partial charge in [-0.2, -0.15) is 0 Å². The Morgan fingerprint density at radius 1 is 1.12 bits per heavy atom. The summed E-state index contributed by atoms with van der Waals surface area (Å²) in [5.41, 5.74) is 1.28. The van der Waals surface area contributed by atoms with Crippen molar-refractivity contribution in [1.82, 2.24) is 0 Å². The quantitative estimate of drug-likeness (QED) is 0.735. The predicted molar refractivity (Wildman–Crippen MR) is 93.8 cm³/mol. The summed E-state index contributed by atoms with van der Waals surface area (Å²) >= 11 is 5.83. The second kappa shape index (κ2) is 7.68. The van der Waals surface area contributed by atoms with Gasteiger partial charge in [0.1, 0.15) is 6.54 Å². The molecule has 0 heterocycles. The van der Waals surface area contributed by atoms with Crippen LogP contribution >= 0.6 is 11.6 Å². The summed E-state index contributed by atoms with van der Waals surface area (Å²) < 4.78 is 31.8. The van der Waals surface area contributed by atoms with Crippen molar-refractivity contribution in [3.05, 3.63) is 59.1 Å². The van der Waals surface area contributed by atoms with Gasteiger partial charge in [0.05, 0.1) is 17.7 Å². The van der Waals surface area contributed by atoms with Crippen molar-refractivity contribution in [2.75, 3.05) is 18.0 Å². The molecule has 0 spiro atoms. The second-order valence-corrected chi connectivity index (χ2v) is 7.32. The number of rotatable bonds is 6. The van der Waals surface area contributed by atoms with Crippen LogP contribution in [0.5, 0.6) is 0 Å². The van der Waals surface area contributed by atoms with Crippen LogP contribution in [0.25, 0.3) is 0 Å². The van der Waals surface area contributed by atoms with E-state index in [1.165, 1.54) is 31.4 Å². The number of anilines is 1. The highest BCUT2D eigenvalue weighted by Gasteiger charge is 2.28. The molecule has 0 atom stereocenters. The third kappa shape index (κ3) is 3.88. The zero-order valence-corrected chi connectivity index (χ0v) is 15.0. The lowest BCUT2D eigenvalue weighted by Crippen LogP contribution is -2.37. The predicted octanol–water partition coefficient (Wildman–Crippen LogP) is 3.27. The van der Waals surface area contributed by atoms with Crippen molar-refractivity contribution in [2.45, 2.75) is 18.2 Å². The van der Waals surface area contributed by atoms with Crippen LogP contribution in [0, 0.1) is 0 Å². The van der Waals surface area contributed by atoms with E-state index in [0.717, 1.165) is 9.87 Å². The van der Waals surface area contributed by atoms with Gasteiger partial charge in [-0.1, -0.05) is 36.7 Å². The molecule has 0 saturated carbocycles. The number of esters is 1. The van der Waals surface area contributed by atoms with Crippen molar-refractivity contribution in [1.29, 1.82) is 0 Å². The Bertz CT molecular complexity index is 819. The van der Waals surface area contributed by atoms with Gasteiger partial charge in [0.25, 0.3) is 10.0 Å². The van der Waals surface area contributed by atoms with Gasteiger partial charge in [0.15, 0.2) is 0 Å². The first-order chi connectivity index (χ1) is 11.4. The molecule has 128 valence electrons. The van der Waals surface area contributed by atoms with Crippen LogP contribution in [0.1, 0.15) is 12.5 Å². The van der Waals surface area contributed by atoms with E-state index >= 15 is 0 Å². The van der Waals surface area contributed by atoms with Gasteiger partial charge in [-0.15, -0.1) is 0 Å². The SMILES string of the molecule is CCc1ccccc1N(CC(=O)OC)S(=O)(=O)c1ccc(Cl)cc1. The van der Waals surface area contributed by atoms with Gasteiger partial charge in [0, 0.05) is 5.02 Å². The Morgan fingerprint density at radius 2 is 1.75 bits per heavy atom. The summed E-state index contributed by atoms with van der Waals surface area (Å²) in [6.07, 6.45) is 0.629. The summed E-state index contributed by atoms with van der Waals surface area (Å²) in [4.78, 5) is 11.8. The van der Waals surface area contributed by atoms with Crippen LogP contribution in [0.3, 0.4) is 0 Å². The molecule has 7 heteroatoms. The summed E-state index contributed by atoms with van der Waals surface area (Å²) in [5.74, 6) is -0.640. The van der Waals surface area contributed by atoms with E-state index in [4.69, 9.17) is 11.6 Å². The number of sulfonamides is 1. The Labute approximate surface area is 146 Å². The fourth-order valence-corrected chi connectivity index (χ4v) is 3.84.